The highest BCUT2D eigenvalue weighted by Crippen LogP contribution is 2.36. The molecule has 0 unspecified atom stereocenters. The average Bonchev–Trinajstić information content (AvgIpc) is 2.50. The molecule has 1 heterocycles. The molecule has 0 spiro atoms. The quantitative estimate of drug-likeness (QED) is 0.297. The zero-order valence-electron chi connectivity index (χ0n) is 7.72. The molecule has 0 aliphatic carbocycles. The average molecular weight is 238 g/mol. The zero-order valence-corrected chi connectivity index (χ0v) is 8.54. The summed E-state index contributed by atoms with van der Waals surface area (Å²) >= 11 is 0.545. The third-order valence-corrected chi connectivity index (χ3v) is 2.97. The normalized spacial score (nSPS) is 13.0. The number of hydrogen-bond donors (Lipinski definition) is 3. The summed E-state index contributed by atoms with van der Waals surface area (Å²) < 4.78 is 37.0. The van der Waals surface area contributed by atoms with Crippen LogP contribution >= 0.6 is 11.3 Å². The van der Waals surface area contributed by atoms with Gasteiger partial charge in [0.15, 0.2) is 5.84 Å². The topological polar surface area (TPSA) is 76.4 Å². The fourth-order valence-electron chi connectivity index (χ4n) is 1.02. The second kappa shape index (κ2) is 4.07. The molecule has 15 heavy (non-hydrogen) atoms. The summed E-state index contributed by atoms with van der Waals surface area (Å²) in [6.07, 6.45) is -4.36. The van der Waals surface area contributed by atoms with E-state index < -0.39 is 11.1 Å². The molecule has 0 bridgehead atoms. The van der Waals surface area contributed by atoms with Crippen LogP contribution < -0.4 is 17.1 Å². The number of nitrogens with zero attached hydrogens (tertiary/aromatic N) is 1. The van der Waals surface area contributed by atoms with E-state index in [9.17, 15) is 13.2 Å². The predicted octanol–water partition coefficient (Wildman–Crippen LogP) is 1.16. The monoisotopic (exact) mass is 238 g/mol. The number of halogens is 3. The van der Waals surface area contributed by atoms with Crippen LogP contribution in [-0.2, 0) is 6.18 Å². The maximum Gasteiger partial charge on any atom is 0.425 e. The number of alkyl halides is 3. The number of rotatable bonds is 1. The second-order valence-corrected chi connectivity index (χ2v) is 3.79. The molecule has 0 aliphatic heterocycles. The molecule has 1 aromatic rings. The van der Waals surface area contributed by atoms with Crippen molar-refractivity contribution in [2.45, 2.75) is 13.1 Å². The van der Waals surface area contributed by atoms with E-state index in [4.69, 9.17) is 11.7 Å². The van der Waals surface area contributed by atoms with Crippen molar-refractivity contribution in [2.24, 2.45) is 16.8 Å². The number of amidine groups is 1. The van der Waals surface area contributed by atoms with Crippen molar-refractivity contribution in [3.8, 4) is 0 Å². The molecule has 8 heteroatoms. The maximum atomic E-state index is 12.3. The third kappa shape index (κ3) is 2.39. The highest BCUT2D eigenvalue weighted by Gasteiger charge is 2.33. The standard InChI is InChI=1S/C7H9F3N4S/c1-3-2-4(7(8,9)10)15-5(3)6(13-11)14-12/h2H,11-12H2,1H3,(H,13,14). The van der Waals surface area contributed by atoms with Crippen molar-refractivity contribution in [1.82, 2.24) is 5.43 Å². The lowest BCUT2D eigenvalue weighted by molar-refractivity contribution is -0.134. The molecular weight excluding hydrogens is 229 g/mol. The van der Waals surface area contributed by atoms with Crippen LogP contribution in [0.25, 0.3) is 0 Å². The summed E-state index contributed by atoms with van der Waals surface area (Å²) in [7, 11) is 0. The number of nitrogens with one attached hydrogen (secondary N) is 1. The Bertz CT molecular complexity index is 382. The Kier molecular flexibility index (Phi) is 3.20. The minimum atomic E-state index is -4.36. The van der Waals surface area contributed by atoms with Crippen LogP contribution in [0.4, 0.5) is 13.2 Å². The van der Waals surface area contributed by atoms with E-state index >= 15 is 0 Å². The Morgan fingerprint density at radius 2 is 2.13 bits per heavy atom. The Balaban J connectivity index is 3.18. The lowest BCUT2D eigenvalue weighted by Crippen LogP contribution is -2.31. The Hall–Kier alpha value is -1.28. The molecule has 5 N–H and O–H groups in total. The van der Waals surface area contributed by atoms with Crippen LogP contribution in [-0.4, -0.2) is 5.84 Å². The first-order valence-electron chi connectivity index (χ1n) is 3.82. The molecule has 0 fully saturated rings. The minimum Gasteiger partial charge on any atom is -0.321 e. The first-order chi connectivity index (χ1) is 6.90. The first-order valence-corrected chi connectivity index (χ1v) is 4.64. The number of hydrazine groups is 1. The van der Waals surface area contributed by atoms with Crippen LogP contribution in [0.5, 0.6) is 0 Å². The maximum absolute atomic E-state index is 12.3. The summed E-state index contributed by atoms with van der Waals surface area (Å²) in [6, 6.07) is 1.03. The van der Waals surface area contributed by atoms with Gasteiger partial charge in [-0.1, -0.05) is 0 Å². The van der Waals surface area contributed by atoms with Crippen LogP contribution in [0, 0.1) is 6.92 Å². The van der Waals surface area contributed by atoms with Crippen LogP contribution in [0.15, 0.2) is 11.2 Å². The van der Waals surface area contributed by atoms with Crippen LogP contribution in [0.1, 0.15) is 15.3 Å². The van der Waals surface area contributed by atoms with Crippen LogP contribution in [0.3, 0.4) is 0 Å². The molecule has 0 saturated heterocycles. The van der Waals surface area contributed by atoms with Gasteiger partial charge in [0, 0.05) is 0 Å². The summed E-state index contributed by atoms with van der Waals surface area (Å²) in [6.45, 7) is 1.53. The molecule has 1 rings (SSSR count). The van der Waals surface area contributed by atoms with E-state index in [1.54, 1.807) is 0 Å². The summed E-state index contributed by atoms with van der Waals surface area (Å²) in [5.41, 5.74) is 2.57. The van der Waals surface area contributed by atoms with Crippen molar-refractivity contribution in [3.63, 3.8) is 0 Å². The molecule has 0 aromatic carbocycles. The van der Waals surface area contributed by atoms with Crippen molar-refractivity contribution in [2.75, 3.05) is 0 Å². The van der Waals surface area contributed by atoms with Gasteiger partial charge in [-0.15, -0.1) is 11.3 Å². The van der Waals surface area contributed by atoms with Gasteiger partial charge in [-0.25, -0.2) is 5.84 Å². The van der Waals surface area contributed by atoms with Gasteiger partial charge >= 0.3 is 6.18 Å². The highest BCUT2D eigenvalue weighted by molar-refractivity contribution is 7.14. The fourth-order valence-corrected chi connectivity index (χ4v) is 2.02. The van der Waals surface area contributed by atoms with Gasteiger partial charge in [-0.2, -0.15) is 18.3 Å². The SMILES string of the molecule is Cc1cc(C(F)(F)F)sc1/C(=N/N)NN. The molecule has 0 saturated carbocycles. The number of aryl methyl sites for hydroxylation is 1. The second-order valence-electron chi connectivity index (χ2n) is 2.74. The molecule has 0 radical (unpaired) electrons. The predicted molar refractivity (Wildman–Crippen MR) is 52.1 cm³/mol. The van der Waals surface area contributed by atoms with Gasteiger partial charge in [-0.3, -0.25) is 0 Å². The van der Waals surface area contributed by atoms with Crippen molar-refractivity contribution >= 4 is 17.2 Å². The molecule has 0 atom stereocenters. The third-order valence-electron chi connectivity index (χ3n) is 1.68. The van der Waals surface area contributed by atoms with E-state index in [-0.39, 0.29) is 10.7 Å². The zero-order chi connectivity index (χ0) is 11.6. The van der Waals surface area contributed by atoms with E-state index in [2.05, 4.69) is 10.5 Å². The van der Waals surface area contributed by atoms with Crippen molar-refractivity contribution in [3.05, 3.63) is 21.4 Å². The molecule has 0 amide bonds. The fraction of sp³-hybridized carbons (Fsp3) is 0.286. The van der Waals surface area contributed by atoms with Gasteiger partial charge in [0.25, 0.3) is 0 Å². The Labute approximate surface area is 87.7 Å². The molecule has 0 aliphatic rings. The summed E-state index contributed by atoms with van der Waals surface area (Å²) in [5.74, 6) is 10.1. The van der Waals surface area contributed by atoms with Crippen LogP contribution in [0.2, 0.25) is 0 Å². The molecule has 1 aromatic heterocycles. The number of hydrogen-bond acceptors (Lipinski definition) is 4. The smallest absolute Gasteiger partial charge is 0.321 e. The Morgan fingerprint density at radius 3 is 2.47 bits per heavy atom. The lowest BCUT2D eigenvalue weighted by atomic mass is 10.2. The van der Waals surface area contributed by atoms with E-state index in [1.165, 1.54) is 6.92 Å². The molecule has 4 nitrogen and oxygen atoms in total. The van der Waals surface area contributed by atoms with E-state index in [0.29, 0.717) is 16.9 Å². The summed E-state index contributed by atoms with van der Waals surface area (Å²) in [5, 5.41) is 3.26. The van der Waals surface area contributed by atoms with E-state index in [0.717, 1.165) is 6.07 Å². The summed E-state index contributed by atoms with van der Waals surface area (Å²) in [4.78, 5) is -0.418. The van der Waals surface area contributed by atoms with Gasteiger partial charge < -0.3 is 11.3 Å². The largest absolute Gasteiger partial charge is 0.425 e. The minimum absolute atomic E-state index is 0.0352. The number of hydrazone groups is 1. The molecular formula is C7H9F3N4S. The van der Waals surface area contributed by atoms with Gasteiger partial charge in [0.05, 0.1) is 4.88 Å². The Morgan fingerprint density at radius 1 is 1.53 bits per heavy atom. The van der Waals surface area contributed by atoms with E-state index in [1.807, 2.05) is 0 Å². The van der Waals surface area contributed by atoms with Gasteiger partial charge in [0.2, 0.25) is 0 Å². The number of nitrogens with two attached hydrogens (primary N) is 2. The highest BCUT2D eigenvalue weighted by atomic mass is 32.1. The lowest BCUT2D eigenvalue weighted by Gasteiger charge is -2.02. The number of thiophene rings is 1. The molecule has 84 valence electrons. The van der Waals surface area contributed by atoms with Gasteiger partial charge in [-0.05, 0) is 18.6 Å². The van der Waals surface area contributed by atoms with Gasteiger partial charge in [0.1, 0.15) is 4.88 Å². The van der Waals surface area contributed by atoms with Crippen molar-refractivity contribution < 1.29 is 13.2 Å². The first kappa shape index (κ1) is 11.8. The van der Waals surface area contributed by atoms with Crippen molar-refractivity contribution in [1.29, 1.82) is 0 Å².